The number of pyridine rings is 2. The van der Waals surface area contributed by atoms with Gasteiger partial charge in [-0.25, -0.2) is 9.37 Å². The number of rotatable bonds is 7. The van der Waals surface area contributed by atoms with Gasteiger partial charge in [-0.3, -0.25) is 14.6 Å². The lowest BCUT2D eigenvalue weighted by Crippen LogP contribution is -2.18. The van der Waals surface area contributed by atoms with Gasteiger partial charge in [-0.2, -0.15) is 0 Å². The van der Waals surface area contributed by atoms with Crippen molar-refractivity contribution in [3.63, 3.8) is 0 Å². The van der Waals surface area contributed by atoms with Gasteiger partial charge in [-0.15, -0.1) is 0 Å². The Morgan fingerprint density at radius 1 is 0.974 bits per heavy atom. The third kappa shape index (κ3) is 4.26. The summed E-state index contributed by atoms with van der Waals surface area (Å²) >= 11 is 0. The number of fused-ring (bicyclic) bond motifs is 1. The highest BCUT2D eigenvalue weighted by Gasteiger charge is 2.47. The van der Waals surface area contributed by atoms with Crippen molar-refractivity contribution in [2.45, 2.75) is 24.7 Å². The summed E-state index contributed by atoms with van der Waals surface area (Å²) in [6, 6.07) is 22.5. The standard InChI is InChI=1S/C31H24FN3O3/c1-33-30(37)27-28-25(38-29(27)19-8-10-22(32)11-9-19)13-12-23(35-28)20-5-4-6-21(17-20)24(36)18-31(14-15-31)26-7-2-3-16-34-26/h2-13,16-17H,14-15,18H2,1H3,(H,33,37). The highest BCUT2D eigenvalue weighted by Crippen LogP contribution is 2.50. The normalized spacial score (nSPS) is 13.8. The van der Waals surface area contributed by atoms with Crippen LogP contribution in [-0.2, 0) is 5.41 Å². The maximum atomic E-state index is 13.5. The van der Waals surface area contributed by atoms with Crippen molar-refractivity contribution in [2.75, 3.05) is 7.05 Å². The molecule has 1 aliphatic rings. The average molecular weight is 506 g/mol. The number of hydrogen-bond donors (Lipinski definition) is 1. The first-order valence-corrected chi connectivity index (χ1v) is 12.4. The molecule has 0 spiro atoms. The minimum absolute atomic E-state index is 0.0593. The van der Waals surface area contributed by atoms with Crippen molar-refractivity contribution in [3.8, 4) is 22.6 Å². The first kappa shape index (κ1) is 23.7. The summed E-state index contributed by atoms with van der Waals surface area (Å²) in [5.74, 6) is -0.365. The molecular weight excluding hydrogens is 481 g/mol. The number of hydrogen-bond acceptors (Lipinski definition) is 5. The van der Waals surface area contributed by atoms with Gasteiger partial charge in [0.1, 0.15) is 22.7 Å². The first-order chi connectivity index (χ1) is 18.5. The Morgan fingerprint density at radius 2 is 1.79 bits per heavy atom. The van der Waals surface area contributed by atoms with E-state index in [1.165, 1.54) is 19.2 Å². The van der Waals surface area contributed by atoms with Gasteiger partial charge in [0.05, 0.1) is 5.69 Å². The SMILES string of the molecule is CNC(=O)c1c(-c2ccc(F)cc2)oc2ccc(-c3cccc(C(=O)CC4(c5ccccn5)CC4)c3)nc12. The van der Waals surface area contributed by atoms with Gasteiger partial charge in [0.15, 0.2) is 11.4 Å². The molecule has 1 aliphatic carbocycles. The Balaban J connectivity index is 1.35. The summed E-state index contributed by atoms with van der Waals surface area (Å²) in [6.45, 7) is 0. The smallest absolute Gasteiger partial charge is 0.257 e. The molecule has 0 bridgehead atoms. The number of Topliss-reactive ketones (excluding diaryl/α,β-unsaturated/α-hetero) is 1. The van der Waals surface area contributed by atoms with Gasteiger partial charge < -0.3 is 9.73 Å². The summed E-state index contributed by atoms with van der Waals surface area (Å²) in [6.07, 6.45) is 4.08. The second-order valence-electron chi connectivity index (χ2n) is 9.61. The summed E-state index contributed by atoms with van der Waals surface area (Å²) < 4.78 is 19.5. The van der Waals surface area contributed by atoms with Crippen molar-refractivity contribution in [3.05, 3.63) is 108 Å². The quantitative estimate of drug-likeness (QED) is 0.260. The van der Waals surface area contributed by atoms with E-state index in [4.69, 9.17) is 9.40 Å². The van der Waals surface area contributed by atoms with E-state index in [-0.39, 0.29) is 28.5 Å². The molecular formula is C31H24FN3O3. The Hall–Kier alpha value is -4.65. The second-order valence-corrected chi connectivity index (χ2v) is 9.61. The van der Waals surface area contributed by atoms with Gasteiger partial charge in [-0.05, 0) is 67.4 Å². The van der Waals surface area contributed by atoms with E-state index in [1.54, 1.807) is 30.5 Å². The summed E-state index contributed by atoms with van der Waals surface area (Å²) in [5, 5.41) is 2.64. The van der Waals surface area contributed by atoms with Crippen LogP contribution in [0.1, 0.15) is 45.7 Å². The fourth-order valence-electron chi connectivity index (χ4n) is 4.89. The summed E-state index contributed by atoms with van der Waals surface area (Å²) in [5.41, 5.74) is 4.43. The van der Waals surface area contributed by atoms with Gasteiger partial charge in [0.25, 0.3) is 5.91 Å². The molecule has 1 N–H and O–H groups in total. The minimum Gasteiger partial charge on any atom is -0.454 e. The number of furan rings is 1. The largest absolute Gasteiger partial charge is 0.454 e. The van der Waals surface area contributed by atoms with Crippen LogP contribution in [-0.4, -0.2) is 28.7 Å². The molecule has 1 amide bonds. The molecule has 7 heteroatoms. The molecule has 2 aromatic carbocycles. The van der Waals surface area contributed by atoms with Crippen LogP contribution in [0.25, 0.3) is 33.7 Å². The molecule has 0 radical (unpaired) electrons. The molecule has 0 atom stereocenters. The molecule has 6 rings (SSSR count). The molecule has 3 heterocycles. The van der Waals surface area contributed by atoms with Crippen LogP contribution in [0.15, 0.2) is 89.5 Å². The lowest BCUT2D eigenvalue weighted by molar-refractivity contribution is 0.0958. The van der Waals surface area contributed by atoms with Crippen molar-refractivity contribution < 1.29 is 18.4 Å². The van der Waals surface area contributed by atoms with E-state index in [9.17, 15) is 14.0 Å². The van der Waals surface area contributed by atoms with E-state index in [2.05, 4.69) is 10.3 Å². The third-order valence-corrected chi connectivity index (χ3v) is 7.14. The number of ketones is 1. The summed E-state index contributed by atoms with van der Waals surface area (Å²) in [7, 11) is 1.53. The zero-order chi connectivity index (χ0) is 26.3. The van der Waals surface area contributed by atoms with Crippen LogP contribution >= 0.6 is 0 Å². The lowest BCUT2D eigenvalue weighted by atomic mass is 9.91. The molecule has 1 fully saturated rings. The molecule has 3 aromatic heterocycles. The Kier molecular flexibility index (Phi) is 5.83. The Morgan fingerprint density at radius 3 is 2.50 bits per heavy atom. The topological polar surface area (TPSA) is 85.1 Å². The van der Waals surface area contributed by atoms with Gasteiger partial charge in [0, 0.05) is 47.5 Å². The third-order valence-electron chi connectivity index (χ3n) is 7.14. The van der Waals surface area contributed by atoms with Crippen LogP contribution in [0.3, 0.4) is 0 Å². The van der Waals surface area contributed by atoms with Crippen LogP contribution in [0.5, 0.6) is 0 Å². The number of carbonyl (C=O) groups excluding carboxylic acids is 2. The van der Waals surface area contributed by atoms with Crippen LogP contribution < -0.4 is 5.32 Å². The monoisotopic (exact) mass is 505 g/mol. The zero-order valence-electron chi connectivity index (χ0n) is 20.7. The molecule has 1 saturated carbocycles. The van der Waals surface area contributed by atoms with E-state index in [0.717, 1.165) is 24.1 Å². The fraction of sp³-hybridized carbons (Fsp3) is 0.161. The second kappa shape index (κ2) is 9.34. The fourth-order valence-corrected chi connectivity index (χ4v) is 4.89. The maximum absolute atomic E-state index is 13.5. The van der Waals surface area contributed by atoms with Crippen molar-refractivity contribution in [1.29, 1.82) is 0 Å². The van der Waals surface area contributed by atoms with E-state index in [0.29, 0.717) is 40.1 Å². The highest BCUT2D eigenvalue weighted by atomic mass is 19.1. The first-order valence-electron chi connectivity index (χ1n) is 12.4. The summed E-state index contributed by atoms with van der Waals surface area (Å²) in [4.78, 5) is 35.4. The van der Waals surface area contributed by atoms with Crippen LogP contribution in [0.2, 0.25) is 0 Å². The number of amides is 1. The number of carbonyl (C=O) groups is 2. The van der Waals surface area contributed by atoms with Crippen molar-refractivity contribution >= 4 is 22.8 Å². The predicted molar refractivity (Wildman–Crippen MR) is 142 cm³/mol. The average Bonchev–Trinajstić information content (AvgIpc) is 3.64. The number of nitrogens with zero attached hydrogens (tertiary/aromatic N) is 2. The number of halogens is 1. The van der Waals surface area contributed by atoms with Crippen LogP contribution in [0, 0.1) is 5.82 Å². The van der Waals surface area contributed by atoms with Crippen molar-refractivity contribution in [1.82, 2.24) is 15.3 Å². The number of benzene rings is 2. The molecule has 38 heavy (non-hydrogen) atoms. The molecule has 188 valence electrons. The number of nitrogens with one attached hydrogen (secondary N) is 1. The van der Waals surface area contributed by atoms with E-state index in [1.807, 2.05) is 42.5 Å². The zero-order valence-corrected chi connectivity index (χ0v) is 20.7. The minimum atomic E-state index is -0.381. The molecule has 0 saturated heterocycles. The van der Waals surface area contributed by atoms with Crippen molar-refractivity contribution in [2.24, 2.45) is 0 Å². The maximum Gasteiger partial charge on any atom is 0.257 e. The van der Waals surface area contributed by atoms with Gasteiger partial charge >= 0.3 is 0 Å². The van der Waals surface area contributed by atoms with Gasteiger partial charge in [0.2, 0.25) is 0 Å². The predicted octanol–water partition coefficient (Wildman–Crippen LogP) is 6.36. The highest BCUT2D eigenvalue weighted by molar-refractivity contribution is 6.10. The van der Waals surface area contributed by atoms with E-state index < -0.39 is 0 Å². The lowest BCUT2D eigenvalue weighted by Gasteiger charge is -2.14. The Bertz CT molecular complexity index is 1670. The van der Waals surface area contributed by atoms with E-state index >= 15 is 0 Å². The van der Waals surface area contributed by atoms with Gasteiger partial charge in [-0.1, -0.05) is 24.3 Å². The molecule has 6 nitrogen and oxygen atoms in total. The Labute approximate surface area is 218 Å². The molecule has 0 unspecified atom stereocenters. The molecule has 0 aliphatic heterocycles. The van der Waals surface area contributed by atoms with Crippen LogP contribution in [0.4, 0.5) is 4.39 Å². The number of aromatic nitrogens is 2. The molecule has 5 aromatic rings.